The number of H-pyrrole nitrogens is 1. The van der Waals surface area contributed by atoms with Crippen molar-refractivity contribution < 1.29 is 13.6 Å². The summed E-state index contributed by atoms with van der Waals surface area (Å²) in [6.45, 7) is 2.96. The van der Waals surface area contributed by atoms with Gasteiger partial charge in [0.25, 0.3) is 11.8 Å². The number of nitrogens with zero attached hydrogens (tertiary/aromatic N) is 5. The number of nitrogens with one attached hydrogen (secondary N) is 2. The molecule has 0 atom stereocenters. The molecule has 2 aliphatic rings. The molecule has 2 N–H and O–H groups in total. The molecular formula is C27H27F2N7O. The van der Waals surface area contributed by atoms with Crippen LogP contribution in [0.1, 0.15) is 35.3 Å². The second-order valence-corrected chi connectivity index (χ2v) is 9.78. The summed E-state index contributed by atoms with van der Waals surface area (Å²) in [5, 5.41) is 10.7. The number of hydrogen-bond acceptors (Lipinski definition) is 6. The lowest BCUT2D eigenvalue weighted by atomic mass is 10.0. The Morgan fingerprint density at radius 3 is 2.73 bits per heavy atom. The number of likely N-dealkylation sites (tertiary alicyclic amines) is 1. The van der Waals surface area contributed by atoms with Gasteiger partial charge in [-0.1, -0.05) is 6.07 Å². The van der Waals surface area contributed by atoms with Gasteiger partial charge in [-0.15, -0.1) is 0 Å². The molecule has 0 aliphatic carbocycles. The van der Waals surface area contributed by atoms with E-state index in [1.54, 1.807) is 12.1 Å². The second kappa shape index (κ2) is 9.51. The molecule has 0 bridgehead atoms. The van der Waals surface area contributed by atoms with E-state index in [4.69, 9.17) is 0 Å². The number of fused-ring (bicyclic) bond motifs is 1. The zero-order chi connectivity index (χ0) is 25.4. The van der Waals surface area contributed by atoms with Gasteiger partial charge in [0.15, 0.2) is 5.69 Å². The van der Waals surface area contributed by atoms with Gasteiger partial charge < -0.3 is 10.2 Å². The Bertz CT molecular complexity index is 1450. The third-order valence-corrected chi connectivity index (χ3v) is 7.01. The van der Waals surface area contributed by atoms with Crippen molar-refractivity contribution in [2.24, 2.45) is 0 Å². The van der Waals surface area contributed by atoms with E-state index >= 15 is 0 Å². The number of rotatable bonds is 6. The molecule has 1 aromatic carbocycles. The minimum Gasteiger partial charge on any atom is -0.350 e. The first kappa shape index (κ1) is 23.5. The largest absolute Gasteiger partial charge is 0.350 e. The van der Waals surface area contributed by atoms with Gasteiger partial charge in [0.2, 0.25) is 0 Å². The van der Waals surface area contributed by atoms with E-state index in [9.17, 15) is 13.6 Å². The molecule has 0 saturated carbocycles. The summed E-state index contributed by atoms with van der Waals surface area (Å²) >= 11 is 0. The van der Waals surface area contributed by atoms with Gasteiger partial charge in [0.05, 0.1) is 12.1 Å². The molecule has 6 rings (SSSR count). The Balaban J connectivity index is 1.22. The van der Waals surface area contributed by atoms with Crippen LogP contribution in [0.3, 0.4) is 0 Å². The Kier molecular flexibility index (Phi) is 6.03. The van der Waals surface area contributed by atoms with Gasteiger partial charge in [-0.25, -0.2) is 13.8 Å². The van der Waals surface area contributed by atoms with Crippen LogP contribution in [0, 0.1) is 0 Å². The maximum Gasteiger partial charge on any atom is 0.276 e. The molecule has 2 fully saturated rings. The van der Waals surface area contributed by atoms with Gasteiger partial charge in [0, 0.05) is 60.8 Å². The monoisotopic (exact) mass is 503 g/mol. The first-order valence-electron chi connectivity index (χ1n) is 12.5. The summed E-state index contributed by atoms with van der Waals surface area (Å²) in [6, 6.07) is 11.2. The second-order valence-electron chi connectivity index (χ2n) is 9.78. The summed E-state index contributed by atoms with van der Waals surface area (Å²) < 4.78 is 27.3. The molecule has 190 valence electrons. The first-order chi connectivity index (χ1) is 17.9. The van der Waals surface area contributed by atoms with E-state index in [0.717, 1.165) is 41.8 Å². The number of carbonyl (C=O) groups is 1. The quantitative estimate of drug-likeness (QED) is 0.396. The SMILES string of the molecule is O=C(Nc1ccnc(N2CCC(F)(F)C2)c1)c1n[nH]c2ccc(-c3cncc(CN4CCCC4)c3)cc12. The molecule has 3 aromatic heterocycles. The average molecular weight is 504 g/mol. The molecule has 0 unspecified atom stereocenters. The van der Waals surface area contributed by atoms with E-state index in [2.05, 4.69) is 36.4 Å². The van der Waals surface area contributed by atoms with Gasteiger partial charge in [-0.05, 0) is 61.3 Å². The van der Waals surface area contributed by atoms with Crippen LogP contribution in [0.4, 0.5) is 20.3 Å². The van der Waals surface area contributed by atoms with Crippen LogP contribution in [0.15, 0.2) is 55.0 Å². The number of hydrogen-bond donors (Lipinski definition) is 2. The summed E-state index contributed by atoms with van der Waals surface area (Å²) in [5.41, 5.74) is 4.55. The number of alkyl halides is 2. The Morgan fingerprint density at radius 1 is 1.05 bits per heavy atom. The lowest BCUT2D eigenvalue weighted by Crippen LogP contribution is -2.25. The van der Waals surface area contributed by atoms with Crippen LogP contribution >= 0.6 is 0 Å². The standard InChI is InChI=1S/C27H27F2N7O/c28-27(29)6-10-36(17-27)24-13-21(5-7-31-24)32-26(37)25-22-12-19(3-4-23(22)33-34-25)20-11-18(14-30-15-20)16-35-8-1-2-9-35/h3-5,7,11-15H,1-2,6,8-10,16-17H2,(H,33,34)(H,31,32,37). The number of benzene rings is 1. The van der Waals surface area contributed by atoms with Crippen molar-refractivity contribution in [3.63, 3.8) is 0 Å². The van der Waals surface area contributed by atoms with Crippen LogP contribution in [0.2, 0.25) is 0 Å². The van der Waals surface area contributed by atoms with Crippen LogP contribution < -0.4 is 10.2 Å². The van der Waals surface area contributed by atoms with E-state index in [1.165, 1.54) is 23.9 Å². The van der Waals surface area contributed by atoms with E-state index in [0.29, 0.717) is 16.9 Å². The number of pyridine rings is 2. The summed E-state index contributed by atoms with van der Waals surface area (Å²) in [7, 11) is 0. The maximum absolute atomic E-state index is 13.6. The van der Waals surface area contributed by atoms with Crippen molar-refractivity contribution in [3.8, 4) is 11.1 Å². The van der Waals surface area contributed by atoms with Crippen LogP contribution in [-0.4, -0.2) is 63.1 Å². The van der Waals surface area contributed by atoms with Crippen molar-refractivity contribution in [1.29, 1.82) is 0 Å². The number of aromatic nitrogens is 4. The van der Waals surface area contributed by atoms with Crippen LogP contribution in [0.25, 0.3) is 22.0 Å². The highest BCUT2D eigenvalue weighted by molar-refractivity contribution is 6.11. The summed E-state index contributed by atoms with van der Waals surface area (Å²) in [4.78, 5) is 25.8. The molecule has 37 heavy (non-hydrogen) atoms. The lowest BCUT2D eigenvalue weighted by Gasteiger charge is -2.17. The van der Waals surface area contributed by atoms with Gasteiger partial charge in [0.1, 0.15) is 5.82 Å². The zero-order valence-corrected chi connectivity index (χ0v) is 20.3. The number of anilines is 2. The predicted octanol–water partition coefficient (Wildman–Crippen LogP) is 4.71. The number of halogens is 2. The smallest absolute Gasteiger partial charge is 0.276 e. The fourth-order valence-electron chi connectivity index (χ4n) is 5.09. The highest BCUT2D eigenvalue weighted by atomic mass is 19.3. The summed E-state index contributed by atoms with van der Waals surface area (Å²) in [5.74, 6) is -2.71. The van der Waals surface area contributed by atoms with Gasteiger partial charge >= 0.3 is 0 Å². The number of amides is 1. The van der Waals surface area contributed by atoms with Crippen molar-refractivity contribution in [2.45, 2.75) is 31.7 Å². The maximum atomic E-state index is 13.6. The fraction of sp³-hybridized carbons (Fsp3) is 0.333. The van der Waals surface area contributed by atoms with Crippen molar-refractivity contribution in [3.05, 3.63) is 66.2 Å². The number of aromatic amines is 1. The molecule has 2 saturated heterocycles. The highest BCUT2D eigenvalue weighted by Gasteiger charge is 2.38. The Morgan fingerprint density at radius 2 is 1.92 bits per heavy atom. The fourth-order valence-corrected chi connectivity index (χ4v) is 5.09. The molecule has 1 amide bonds. The molecule has 0 radical (unpaired) electrons. The predicted molar refractivity (Wildman–Crippen MR) is 138 cm³/mol. The van der Waals surface area contributed by atoms with Gasteiger partial charge in [-0.3, -0.25) is 19.8 Å². The minimum absolute atomic E-state index is 0.205. The lowest BCUT2D eigenvalue weighted by molar-refractivity contribution is 0.0256. The molecule has 4 aromatic rings. The van der Waals surface area contributed by atoms with Crippen LogP contribution in [-0.2, 0) is 6.54 Å². The Labute approximate surface area is 212 Å². The topological polar surface area (TPSA) is 90.0 Å². The third-order valence-electron chi connectivity index (χ3n) is 7.01. The number of carbonyl (C=O) groups excluding carboxylic acids is 1. The van der Waals surface area contributed by atoms with E-state index in [1.807, 2.05) is 30.6 Å². The Hall–Kier alpha value is -3.92. The molecule has 5 heterocycles. The zero-order valence-electron chi connectivity index (χ0n) is 20.3. The normalized spacial score (nSPS) is 17.5. The van der Waals surface area contributed by atoms with Crippen molar-refractivity contribution in [1.82, 2.24) is 25.1 Å². The molecule has 8 nitrogen and oxygen atoms in total. The highest BCUT2D eigenvalue weighted by Crippen LogP contribution is 2.31. The minimum atomic E-state index is -2.73. The first-order valence-corrected chi connectivity index (χ1v) is 12.5. The molecular weight excluding hydrogens is 476 g/mol. The summed E-state index contributed by atoms with van der Waals surface area (Å²) in [6.07, 6.45) is 7.51. The van der Waals surface area contributed by atoms with Crippen molar-refractivity contribution >= 4 is 28.3 Å². The van der Waals surface area contributed by atoms with E-state index < -0.39 is 11.8 Å². The van der Waals surface area contributed by atoms with Crippen molar-refractivity contribution in [2.75, 3.05) is 36.4 Å². The molecule has 0 spiro atoms. The molecule has 2 aliphatic heterocycles. The average Bonchev–Trinajstić information content (AvgIpc) is 3.64. The van der Waals surface area contributed by atoms with Crippen LogP contribution in [0.5, 0.6) is 0 Å². The molecule has 10 heteroatoms. The third kappa shape index (κ3) is 5.01. The van der Waals surface area contributed by atoms with E-state index in [-0.39, 0.29) is 25.2 Å². The van der Waals surface area contributed by atoms with Gasteiger partial charge in [-0.2, -0.15) is 5.10 Å².